The summed E-state index contributed by atoms with van der Waals surface area (Å²) in [6.07, 6.45) is 1.36. The highest BCUT2D eigenvalue weighted by Crippen LogP contribution is 2.19. The van der Waals surface area contributed by atoms with Gasteiger partial charge in [0.25, 0.3) is 15.0 Å². The van der Waals surface area contributed by atoms with Crippen LogP contribution < -0.4 is 0 Å². The fraction of sp³-hybridized carbons (Fsp3) is 0.545. The molecule has 19 heavy (non-hydrogen) atoms. The smallest absolute Gasteiger partial charge is 0.270 e. The number of nitrogens with zero attached hydrogens (tertiary/aromatic N) is 2. The summed E-state index contributed by atoms with van der Waals surface area (Å²) in [5, 5.41) is 0. The van der Waals surface area contributed by atoms with Crippen LogP contribution in [0.3, 0.4) is 0 Å². The van der Waals surface area contributed by atoms with Crippen LogP contribution in [-0.2, 0) is 20.3 Å². The Bertz CT molecular complexity index is 553. The van der Waals surface area contributed by atoms with E-state index in [1.807, 2.05) is 6.92 Å². The molecule has 0 aliphatic rings. The number of carbonyl (C=O) groups excluding carboxylic acids is 1. The van der Waals surface area contributed by atoms with Gasteiger partial charge in [-0.2, -0.15) is 0 Å². The third-order valence-electron chi connectivity index (χ3n) is 2.69. The summed E-state index contributed by atoms with van der Waals surface area (Å²) in [5.74, 6) is -0.273. The lowest BCUT2D eigenvalue weighted by molar-refractivity contribution is 0.0734. The SMILES string of the molecule is CCn1cc(S(=O)(=O)Cl)cc1C(=O)N(C)CCOC. The van der Waals surface area contributed by atoms with Gasteiger partial charge in [0.2, 0.25) is 0 Å². The number of hydrogen-bond donors (Lipinski definition) is 0. The second-order valence-corrected chi connectivity index (χ2v) is 6.57. The van der Waals surface area contributed by atoms with Gasteiger partial charge in [-0.05, 0) is 13.0 Å². The van der Waals surface area contributed by atoms with E-state index in [-0.39, 0.29) is 10.8 Å². The number of carbonyl (C=O) groups is 1. The van der Waals surface area contributed by atoms with Crippen LogP contribution in [0.25, 0.3) is 0 Å². The molecule has 0 bridgehead atoms. The quantitative estimate of drug-likeness (QED) is 0.739. The van der Waals surface area contributed by atoms with Gasteiger partial charge < -0.3 is 14.2 Å². The monoisotopic (exact) mass is 308 g/mol. The number of hydrogen-bond acceptors (Lipinski definition) is 4. The molecule has 8 heteroatoms. The Labute approximate surface area is 117 Å². The van der Waals surface area contributed by atoms with E-state index in [2.05, 4.69) is 0 Å². The summed E-state index contributed by atoms with van der Waals surface area (Å²) in [6.45, 7) is 3.13. The molecule has 0 unspecified atom stereocenters. The second-order valence-electron chi connectivity index (χ2n) is 4.00. The van der Waals surface area contributed by atoms with E-state index in [1.165, 1.54) is 17.2 Å². The second kappa shape index (κ2) is 6.40. The molecule has 1 heterocycles. The number of likely N-dealkylation sites (N-methyl/N-ethyl adjacent to an activating group) is 1. The zero-order valence-electron chi connectivity index (χ0n) is 11.1. The van der Waals surface area contributed by atoms with Gasteiger partial charge in [-0.3, -0.25) is 4.79 Å². The fourth-order valence-electron chi connectivity index (χ4n) is 1.58. The zero-order chi connectivity index (χ0) is 14.6. The lowest BCUT2D eigenvalue weighted by Gasteiger charge is -2.17. The molecule has 1 aromatic rings. The number of ether oxygens (including phenoxy) is 1. The maximum absolute atomic E-state index is 12.2. The molecule has 0 saturated heterocycles. The highest BCUT2D eigenvalue weighted by atomic mass is 35.7. The number of halogens is 1. The van der Waals surface area contributed by atoms with Crippen molar-refractivity contribution in [3.8, 4) is 0 Å². The molecule has 0 N–H and O–H groups in total. The molecule has 1 rings (SSSR count). The molecular formula is C11H17ClN2O4S. The lowest BCUT2D eigenvalue weighted by atomic mass is 10.3. The third-order valence-corrected chi connectivity index (χ3v) is 4.01. The van der Waals surface area contributed by atoms with Crippen molar-refractivity contribution < 1.29 is 17.9 Å². The molecule has 0 aromatic carbocycles. The Morgan fingerprint density at radius 2 is 2.16 bits per heavy atom. The van der Waals surface area contributed by atoms with Crippen LogP contribution in [0.5, 0.6) is 0 Å². The number of methoxy groups -OCH3 is 1. The topological polar surface area (TPSA) is 68.6 Å². The first-order valence-electron chi connectivity index (χ1n) is 5.70. The number of rotatable bonds is 6. The molecule has 6 nitrogen and oxygen atoms in total. The molecule has 0 fully saturated rings. The Balaban J connectivity index is 3.06. The lowest BCUT2D eigenvalue weighted by Crippen LogP contribution is -2.31. The minimum Gasteiger partial charge on any atom is -0.383 e. The van der Waals surface area contributed by atoms with Crippen LogP contribution in [0.1, 0.15) is 17.4 Å². The molecule has 1 aromatic heterocycles. The summed E-state index contributed by atoms with van der Waals surface area (Å²) in [7, 11) is 4.62. The highest BCUT2D eigenvalue weighted by molar-refractivity contribution is 8.13. The first-order valence-corrected chi connectivity index (χ1v) is 8.01. The summed E-state index contributed by atoms with van der Waals surface area (Å²) in [4.78, 5) is 13.6. The molecule has 0 aliphatic carbocycles. The number of aryl methyl sites for hydroxylation is 1. The van der Waals surface area contributed by atoms with Crippen molar-refractivity contribution in [1.82, 2.24) is 9.47 Å². The van der Waals surface area contributed by atoms with Crippen molar-refractivity contribution in [1.29, 1.82) is 0 Å². The standard InChI is InChI=1S/C11H17ClN2O4S/c1-4-14-8-9(19(12,16)17)7-10(14)11(15)13(2)5-6-18-3/h7-8H,4-6H2,1-3H3. The Morgan fingerprint density at radius 1 is 1.53 bits per heavy atom. The van der Waals surface area contributed by atoms with Gasteiger partial charge in [0.1, 0.15) is 10.6 Å². The Hall–Kier alpha value is -1.05. The minimum atomic E-state index is -3.83. The first-order chi connectivity index (χ1) is 8.81. The molecule has 0 atom stereocenters. The predicted octanol–water partition coefficient (Wildman–Crippen LogP) is 1.15. The van der Waals surface area contributed by atoms with Crippen LogP contribution in [0.15, 0.2) is 17.2 Å². The zero-order valence-corrected chi connectivity index (χ0v) is 12.7. The van der Waals surface area contributed by atoms with Crippen LogP contribution in [0.2, 0.25) is 0 Å². The van der Waals surface area contributed by atoms with Gasteiger partial charge in [-0.1, -0.05) is 0 Å². The Morgan fingerprint density at radius 3 is 2.63 bits per heavy atom. The van der Waals surface area contributed by atoms with Crippen molar-refractivity contribution in [3.63, 3.8) is 0 Å². The number of aromatic nitrogens is 1. The molecule has 0 spiro atoms. The van der Waals surface area contributed by atoms with Gasteiger partial charge in [-0.15, -0.1) is 0 Å². The van der Waals surface area contributed by atoms with E-state index in [9.17, 15) is 13.2 Å². The van der Waals surface area contributed by atoms with Crippen LogP contribution in [0.4, 0.5) is 0 Å². The maximum atomic E-state index is 12.2. The van der Waals surface area contributed by atoms with Crippen LogP contribution in [-0.4, -0.2) is 51.1 Å². The molecule has 1 amide bonds. The van der Waals surface area contributed by atoms with E-state index in [4.69, 9.17) is 15.4 Å². The van der Waals surface area contributed by atoms with Crippen molar-refractivity contribution in [3.05, 3.63) is 18.0 Å². The fourth-order valence-corrected chi connectivity index (χ4v) is 2.34. The molecule has 0 saturated carbocycles. The van der Waals surface area contributed by atoms with E-state index in [1.54, 1.807) is 18.7 Å². The minimum absolute atomic E-state index is 0.0699. The van der Waals surface area contributed by atoms with E-state index >= 15 is 0 Å². The molecule has 0 radical (unpaired) electrons. The highest BCUT2D eigenvalue weighted by Gasteiger charge is 2.21. The van der Waals surface area contributed by atoms with E-state index < -0.39 is 9.05 Å². The molecule has 108 valence electrons. The Kier molecular flexibility index (Phi) is 5.39. The van der Waals surface area contributed by atoms with Crippen molar-refractivity contribution >= 4 is 25.6 Å². The number of amides is 1. The summed E-state index contributed by atoms with van der Waals surface area (Å²) >= 11 is 0. The van der Waals surface area contributed by atoms with Crippen molar-refractivity contribution in [2.45, 2.75) is 18.4 Å². The summed E-state index contributed by atoms with van der Waals surface area (Å²) < 4.78 is 29.0. The summed E-state index contributed by atoms with van der Waals surface area (Å²) in [6, 6.07) is 1.29. The summed E-state index contributed by atoms with van der Waals surface area (Å²) in [5.41, 5.74) is 0.292. The third kappa shape index (κ3) is 3.95. The van der Waals surface area contributed by atoms with Crippen molar-refractivity contribution in [2.24, 2.45) is 0 Å². The maximum Gasteiger partial charge on any atom is 0.270 e. The average molecular weight is 309 g/mol. The normalized spacial score (nSPS) is 11.6. The average Bonchev–Trinajstić information content (AvgIpc) is 2.78. The van der Waals surface area contributed by atoms with Crippen LogP contribution >= 0.6 is 10.7 Å². The van der Waals surface area contributed by atoms with Gasteiger partial charge in [0.05, 0.1) is 6.61 Å². The van der Waals surface area contributed by atoms with Crippen molar-refractivity contribution in [2.75, 3.05) is 27.3 Å². The van der Waals surface area contributed by atoms with Gasteiger partial charge in [0.15, 0.2) is 0 Å². The van der Waals surface area contributed by atoms with E-state index in [0.29, 0.717) is 25.4 Å². The predicted molar refractivity (Wildman–Crippen MR) is 72.0 cm³/mol. The van der Waals surface area contributed by atoms with Gasteiger partial charge >= 0.3 is 0 Å². The van der Waals surface area contributed by atoms with Gasteiger partial charge in [0, 0.05) is 44.1 Å². The first kappa shape index (κ1) is 16.0. The molecular weight excluding hydrogens is 292 g/mol. The largest absolute Gasteiger partial charge is 0.383 e. The van der Waals surface area contributed by atoms with Gasteiger partial charge in [-0.25, -0.2) is 8.42 Å². The van der Waals surface area contributed by atoms with E-state index in [0.717, 1.165) is 0 Å². The molecule has 0 aliphatic heterocycles. The van der Waals surface area contributed by atoms with Crippen LogP contribution in [0, 0.1) is 0 Å².